The van der Waals surface area contributed by atoms with Crippen molar-refractivity contribution in [1.29, 1.82) is 0 Å². The normalized spacial score (nSPS) is 10.3. The highest BCUT2D eigenvalue weighted by Gasteiger charge is 2.16. The Bertz CT molecular complexity index is 496. The third kappa shape index (κ3) is 1.92. The van der Waals surface area contributed by atoms with E-state index >= 15 is 0 Å². The van der Waals surface area contributed by atoms with Crippen molar-refractivity contribution in [3.63, 3.8) is 0 Å². The van der Waals surface area contributed by atoms with Gasteiger partial charge in [0.25, 0.3) is 0 Å². The fraction of sp³-hybridized carbons (Fsp3) is 0. The molecule has 0 bridgehead atoms. The number of nitrogens with zero attached hydrogens (tertiary/aromatic N) is 1. The van der Waals surface area contributed by atoms with Gasteiger partial charge in [0.2, 0.25) is 11.7 Å². The van der Waals surface area contributed by atoms with Gasteiger partial charge in [-0.1, -0.05) is 6.07 Å². The summed E-state index contributed by atoms with van der Waals surface area (Å²) in [4.78, 5) is 15.1. The van der Waals surface area contributed by atoms with Gasteiger partial charge in [-0.2, -0.15) is 4.39 Å². The smallest absolute Gasteiger partial charge is 0.213 e. The van der Waals surface area contributed by atoms with Crippen molar-refractivity contribution in [2.24, 2.45) is 0 Å². The molecule has 0 aliphatic carbocycles. The predicted molar refractivity (Wildman–Crippen MR) is 51.9 cm³/mol. The monoisotopic (exact) mass is 225 g/mol. The first-order chi connectivity index (χ1) is 7.18. The van der Waals surface area contributed by atoms with Crippen LogP contribution in [-0.4, -0.2) is 10.8 Å². The minimum Gasteiger partial charge on any atom is -0.288 e. The molecule has 0 unspecified atom stereocenters. The lowest BCUT2D eigenvalue weighted by Gasteiger charge is -1.99. The highest BCUT2D eigenvalue weighted by Crippen LogP contribution is 2.17. The molecular formula is C10H5F2NOS. The van der Waals surface area contributed by atoms with Crippen molar-refractivity contribution in [3.8, 4) is 0 Å². The molecule has 5 heteroatoms. The van der Waals surface area contributed by atoms with E-state index in [0.29, 0.717) is 11.1 Å². The summed E-state index contributed by atoms with van der Waals surface area (Å²) in [5, 5.41) is 1.70. The first kappa shape index (κ1) is 9.92. The lowest BCUT2D eigenvalue weighted by Crippen LogP contribution is -2.04. The van der Waals surface area contributed by atoms with Gasteiger partial charge in [-0.3, -0.25) is 4.79 Å². The van der Waals surface area contributed by atoms with Crippen molar-refractivity contribution in [1.82, 2.24) is 4.98 Å². The summed E-state index contributed by atoms with van der Waals surface area (Å²) in [5.41, 5.74) is -0.287. The molecule has 2 nitrogen and oxygen atoms in total. The number of carbonyl (C=O) groups excluding carboxylic acids is 1. The van der Waals surface area contributed by atoms with Crippen LogP contribution in [0.15, 0.2) is 29.8 Å². The molecule has 76 valence electrons. The topological polar surface area (TPSA) is 30.0 Å². The summed E-state index contributed by atoms with van der Waals surface area (Å²) in [6.45, 7) is 0. The molecule has 2 rings (SSSR count). The van der Waals surface area contributed by atoms with Gasteiger partial charge < -0.3 is 0 Å². The van der Waals surface area contributed by atoms with Crippen LogP contribution in [0.25, 0.3) is 0 Å². The molecule has 2 aromatic heterocycles. The van der Waals surface area contributed by atoms with Crippen LogP contribution in [0.5, 0.6) is 0 Å². The van der Waals surface area contributed by atoms with Crippen LogP contribution in [0, 0.1) is 11.8 Å². The molecule has 2 heterocycles. The van der Waals surface area contributed by atoms with Crippen LogP contribution in [0.1, 0.15) is 15.2 Å². The summed E-state index contributed by atoms with van der Waals surface area (Å²) >= 11 is 1.18. The van der Waals surface area contributed by atoms with Crippen LogP contribution in [-0.2, 0) is 0 Å². The van der Waals surface area contributed by atoms with Crippen molar-refractivity contribution >= 4 is 17.1 Å². The Morgan fingerprint density at radius 3 is 2.87 bits per heavy atom. The Kier molecular flexibility index (Phi) is 2.55. The average Bonchev–Trinajstić information content (AvgIpc) is 2.74. The second kappa shape index (κ2) is 3.86. The molecule has 0 aromatic carbocycles. The van der Waals surface area contributed by atoms with E-state index < -0.39 is 17.5 Å². The van der Waals surface area contributed by atoms with Gasteiger partial charge in [-0.15, -0.1) is 11.3 Å². The zero-order chi connectivity index (χ0) is 10.8. The Hall–Kier alpha value is -1.62. The van der Waals surface area contributed by atoms with Crippen molar-refractivity contribution in [3.05, 3.63) is 52.0 Å². The molecule has 0 aliphatic heterocycles. The summed E-state index contributed by atoms with van der Waals surface area (Å²) in [6.07, 6.45) is 0.705. The zero-order valence-corrected chi connectivity index (χ0v) is 8.22. The second-order valence-corrected chi connectivity index (χ2v) is 3.74. The fourth-order valence-corrected chi connectivity index (χ4v) is 1.81. The molecule has 0 atom stereocenters. The number of hydrogen-bond acceptors (Lipinski definition) is 3. The summed E-state index contributed by atoms with van der Waals surface area (Å²) in [5.74, 6) is -2.20. The summed E-state index contributed by atoms with van der Waals surface area (Å²) < 4.78 is 25.9. The Balaban J connectivity index is 2.46. The molecule has 2 aromatic rings. The second-order valence-electron chi connectivity index (χ2n) is 2.79. The third-order valence-electron chi connectivity index (χ3n) is 1.81. The predicted octanol–water partition coefficient (Wildman–Crippen LogP) is 2.65. The van der Waals surface area contributed by atoms with Gasteiger partial charge in [0, 0.05) is 6.07 Å². The zero-order valence-electron chi connectivity index (χ0n) is 7.41. The number of hydrogen-bond donors (Lipinski definition) is 0. The van der Waals surface area contributed by atoms with E-state index in [1.165, 1.54) is 11.3 Å². The minimum absolute atomic E-state index is 0.287. The number of rotatable bonds is 2. The van der Waals surface area contributed by atoms with Crippen LogP contribution >= 0.6 is 11.3 Å². The van der Waals surface area contributed by atoms with E-state index in [0.717, 1.165) is 6.07 Å². The molecule has 0 amide bonds. The van der Waals surface area contributed by atoms with Gasteiger partial charge in [-0.25, -0.2) is 9.37 Å². The number of halogens is 2. The first-order valence-electron chi connectivity index (χ1n) is 4.08. The highest BCUT2D eigenvalue weighted by molar-refractivity contribution is 7.12. The number of carbonyl (C=O) groups is 1. The standard InChI is InChI=1S/C10H5F2NOS/c11-7-5-13-9(12)4-6(7)10(14)8-2-1-3-15-8/h1-5H. The van der Waals surface area contributed by atoms with Crippen LogP contribution in [0.3, 0.4) is 0 Å². The lowest BCUT2D eigenvalue weighted by molar-refractivity contribution is 0.103. The van der Waals surface area contributed by atoms with E-state index in [-0.39, 0.29) is 5.56 Å². The fourth-order valence-electron chi connectivity index (χ4n) is 1.13. The van der Waals surface area contributed by atoms with Crippen LogP contribution in [0.4, 0.5) is 8.78 Å². The largest absolute Gasteiger partial charge is 0.288 e. The van der Waals surface area contributed by atoms with E-state index in [1.807, 2.05) is 0 Å². The molecule has 0 spiro atoms. The maximum atomic E-state index is 13.2. The number of aromatic nitrogens is 1. The van der Waals surface area contributed by atoms with Crippen molar-refractivity contribution < 1.29 is 13.6 Å². The number of pyridine rings is 1. The summed E-state index contributed by atoms with van der Waals surface area (Å²) in [6, 6.07) is 4.04. The minimum atomic E-state index is -0.865. The quantitative estimate of drug-likeness (QED) is 0.581. The molecule has 0 radical (unpaired) electrons. The SMILES string of the molecule is O=C(c1cccs1)c1cc(F)ncc1F. The molecule has 0 saturated carbocycles. The van der Waals surface area contributed by atoms with Crippen molar-refractivity contribution in [2.75, 3.05) is 0 Å². The Morgan fingerprint density at radius 1 is 1.40 bits per heavy atom. The van der Waals surface area contributed by atoms with Crippen LogP contribution < -0.4 is 0 Å². The maximum Gasteiger partial charge on any atom is 0.213 e. The molecule has 0 aliphatic rings. The molecule has 0 saturated heterocycles. The van der Waals surface area contributed by atoms with Crippen molar-refractivity contribution in [2.45, 2.75) is 0 Å². The molecular weight excluding hydrogens is 220 g/mol. The van der Waals surface area contributed by atoms with Gasteiger partial charge in [0.15, 0.2) is 5.82 Å². The van der Waals surface area contributed by atoms with E-state index in [9.17, 15) is 13.6 Å². The maximum absolute atomic E-state index is 13.2. The first-order valence-corrected chi connectivity index (χ1v) is 4.95. The summed E-state index contributed by atoms with van der Waals surface area (Å²) in [7, 11) is 0. The lowest BCUT2D eigenvalue weighted by atomic mass is 10.1. The Morgan fingerprint density at radius 2 is 2.20 bits per heavy atom. The van der Waals surface area contributed by atoms with Gasteiger partial charge in [0.1, 0.15) is 0 Å². The molecule has 0 fully saturated rings. The van der Waals surface area contributed by atoms with E-state index in [1.54, 1.807) is 17.5 Å². The average molecular weight is 225 g/mol. The van der Waals surface area contributed by atoms with E-state index in [4.69, 9.17) is 0 Å². The molecule has 0 N–H and O–H groups in total. The third-order valence-corrected chi connectivity index (χ3v) is 2.68. The Labute approximate surface area is 88.2 Å². The van der Waals surface area contributed by atoms with Crippen LogP contribution in [0.2, 0.25) is 0 Å². The number of ketones is 1. The van der Waals surface area contributed by atoms with Gasteiger partial charge >= 0.3 is 0 Å². The van der Waals surface area contributed by atoms with E-state index in [2.05, 4.69) is 4.98 Å². The number of thiophene rings is 1. The molecule has 15 heavy (non-hydrogen) atoms. The highest BCUT2D eigenvalue weighted by atomic mass is 32.1. The van der Waals surface area contributed by atoms with Gasteiger partial charge in [-0.05, 0) is 11.4 Å². The van der Waals surface area contributed by atoms with Gasteiger partial charge in [0.05, 0.1) is 16.6 Å².